The zero-order valence-electron chi connectivity index (χ0n) is 60.9. The lowest BCUT2D eigenvalue weighted by Crippen LogP contribution is -2.30. The van der Waals surface area contributed by atoms with E-state index in [-0.39, 0.29) is 25.7 Å². The highest BCUT2D eigenvalue weighted by atomic mass is 31.2. The predicted octanol–water partition coefficient (Wildman–Crippen LogP) is 21.3. The summed E-state index contributed by atoms with van der Waals surface area (Å²) in [7, 11) is -9.91. The fraction of sp³-hybridized carbons (Fsp3) is 0.946. The Bertz CT molecular complexity index is 1840. The number of ether oxygens (including phenoxy) is 4. The molecule has 0 spiro atoms. The smallest absolute Gasteiger partial charge is 0.462 e. The third kappa shape index (κ3) is 65.8. The van der Waals surface area contributed by atoms with Crippen molar-refractivity contribution in [2.75, 3.05) is 39.6 Å². The van der Waals surface area contributed by atoms with Crippen molar-refractivity contribution in [3.05, 3.63) is 0 Å². The first-order chi connectivity index (χ1) is 44.7. The highest BCUT2D eigenvalue weighted by Gasteiger charge is 2.30. The minimum Gasteiger partial charge on any atom is -0.462 e. The molecule has 0 aromatic rings. The molecule has 3 N–H and O–H groups in total. The summed E-state index contributed by atoms with van der Waals surface area (Å²) in [6, 6.07) is 0. The molecule has 0 aromatic heterocycles. The number of carbonyl (C=O) groups excluding carboxylic acids is 4. The Labute approximate surface area is 568 Å². The first kappa shape index (κ1) is 91.1. The fourth-order valence-electron chi connectivity index (χ4n) is 11.1. The van der Waals surface area contributed by atoms with E-state index in [1.165, 1.54) is 167 Å². The molecule has 0 rings (SSSR count). The first-order valence-electron chi connectivity index (χ1n) is 38.3. The van der Waals surface area contributed by atoms with E-state index in [4.69, 9.17) is 37.0 Å². The van der Waals surface area contributed by atoms with E-state index in [1.807, 2.05) is 0 Å². The largest absolute Gasteiger partial charge is 0.472 e. The second kappa shape index (κ2) is 63.5. The molecule has 0 fully saturated rings. The molecule has 0 radical (unpaired) electrons. The molecular weight excluding hydrogens is 1220 g/mol. The van der Waals surface area contributed by atoms with Crippen molar-refractivity contribution in [2.24, 2.45) is 23.7 Å². The van der Waals surface area contributed by atoms with E-state index < -0.39 is 97.5 Å². The minimum absolute atomic E-state index is 0.103. The van der Waals surface area contributed by atoms with Gasteiger partial charge in [-0.2, -0.15) is 0 Å². The monoisotopic (exact) mass is 1370 g/mol. The van der Waals surface area contributed by atoms with Crippen LogP contribution >= 0.6 is 15.6 Å². The van der Waals surface area contributed by atoms with Gasteiger partial charge < -0.3 is 33.8 Å². The van der Waals surface area contributed by atoms with Crippen LogP contribution in [0.2, 0.25) is 0 Å². The van der Waals surface area contributed by atoms with Crippen LogP contribution in [0.3, 0.4) is 0 Å². The SMILES string of the molecule is CCC(C)CCCCCCCCCCCCC(=O)OC[C@H](COP(=O)(O)OC[C@@H](O)COP(=O)(O)OC[C@@H](COC(=O)CCCCCCCCC(C)CC)OC(=O)CCCCCCCCCCCCCCCCCCC(C)C)OC(=O)CCCCCCCCCC(C)C. The molecule has 0 aliphatic rings. The van der Waals surface area contributed by atoms with Gasteiger partial charge in [0, 0.05) is 25.7 Å². The Morgan fingerprint density at radius 3 is 0.763 bits per heavy atom. The molecule has 552 valence electrons. The Balaban J connectivity index is 5.20. The fourth-order valence-corrected chi connectivity index (χ4v) is 12.7. The number of unbranched alkanes of at least 4 members (excludes halogenated alkanes) is 35. The summed E-state index contributed by atoms with van der Waals surface area (Å²) >= 11 is 0. The summed E-state index contributed by atoms with van der Waals surface area (Å²) in [4.78, 5) is 72.7. The van der Waals surface area contributed by atoms with Crippen LogP contribution < -0.4 is 0 Å². The lowest BCUT2D eigenvalue weighted by Gasteiger charge is -2.21. The van der Waals surface area contributed by atoms with E-state index >= 15 is 0 Å². The molecule has 7 atom stereocenters. The van der Waals surface area contributed by atoms with Crippen molar-refractivity contribution in [2.45, 2.75) is 388 Å². The number of phosphoric ester groups is 2. The third-order valence-electron chi connectivity index (χ3n) is 17.8. The van der Waals surface area contributed by atoms with Gasteiger partial charge >= 0.3 is 39.5 Å². The summed E-state index contributed by atoms with van der Waals surface area (Å²) in [5.74, 6) is 0.918. The highest BCUT2D eigenvalue weighted by molar-refractivity contribution is 7.47. The average Bonchev–Trinajstić information content (AvgIpc) is 1.78. The van der Waals surface area contributed by atoms with Crippen LogP contribution in [0.1, 0.15) is 370 Å². The molecule has 93 heavy (non-hydrogen) atoms. The maximum absolute atomic E-state index is 13.0. The number of rotatable bonds is 71. The maximum atomic E-state index is 13.0. The molecule has 0 aliphatic carbocycles. The van der Waals surface area contributed by atoms with Crippen LogP contribution in [0.5, 0.6) is 0 Å². The van der Waals surface area contributed by atoms with Crippen molar-refractivity contribution in [1.29, 1.82) is 0 Å². The number of aliphatic hydroxyl groups is 1. The Kier molecular flexibility index (Phi) is 62.2. The van der Waals surface area contributed by atoms with Crippen molar-refractivity contribution in [1.82, 2.24) is 0 Å². The van der Waals surface area contributed by atoms with Crippen LogP contribution in [0.15, 0.2) is 0 Å². The van der Waals surface area contributed by atoms with Crippen molar-refractivity contribution >= 4 is 39.5 Å². The van der Waals surface area contributed by atoms with E-state index in [0.717, 1.165) is 114 Å². The molecule has 0 saturated carbocycles. The standard InChI is InChI=1S/C74H144O17P2/c1-9-66(7)52-44-36-28-22-19-20-23-29-38-46-54-71(76)84-60-69(91-74(79)57-49-41-31-25-27-35-43-51-65(5)6)62-88-92(80,81)86-58-68(75)59-87-93(82,83)89-63-70(61-85-72(77)55-47-39-33-32-37-45-53-67(8)10-2)90-73(78)56-48-40-30-24-18-16-14-12-11-13-15-17-21-26-34-42-50-64(3)4/h64-70,75H,9-63H2,1-8H3,(H,80,81)(H,82,83)/t66?,67?,68-,69-,70-/m1/s1. The zero-order valence-corrected chi connectivity index (χ0v) is 62.7. The minimum atomic E-state index is -4.96. The summed E-state index contributed by atoms with van der Waals surface area (Å²) in [5, 5.41) is 10.6. The van der Waals surface area contributed by atoms with E-state index in [2.05, 4.69) is 55.4 Å². The van der Waals surface area contributed by atoms with E-state index in [0.29, 0.717) is 31.6 Å². The van der Waals surface area contributed by atoms with Crippen LogP contribution in [0.25, 0.3) is 0 Å². The van der Waals surface area contributed by atoms with Crippen molar-refractivity contribution in [3.63, 3.8) is 0 Å². The maximum Gasteiger partial charge on any atom is 0.472 e. The van der Waals surface area contributed by atoms with E-state index in [9.17, 15) is 43.2 Å². The average molecular weight is 1370 g/mol. The summed E-state index contributed by atoms with van der Waals surface area (Å²) < 4.78 is 68.4. The number of aliphatic hydroxyl groups excluding tert-OH is 1. The molecule has 19 heteroatoms. The van der Waals surface area contributed by atoms with Crippen LogP contribution in [0.4, 0.5) is 0 Å². The van der Waals surface area contributed by atoms with Gasteiger partial charge in [-0.1, -0.05) is 319 Å². The number of hydrogen-bond acceptors (Lipinski definition) is 15. The summed E-state index contributed by atoms with van der Waals surface area (Å²) in [6.45, 7) is 14.1. The highest BCUT2D eigenvalue weighted by Crippen LogP contribution is 2.45. The molecule has 0 aromatic carbocycles. The molecule has 4 unspecified atom stereocenters. The van der Waals surface area contributed by atoms with Crippen molar-refractivity contribution < 1.29 is 80.2 Å². The van der Waals surface area contributed by atoms with Gasteiger partial charge in [-0.25, -0.2) is 9.13 Å². The quantitative estimate of drug-likeness (QED) is 0.0222. The molecular formula is C74H144O17P2. The number of esters is 4. The molecule has 0 bridgehead atoms. The van der Waals surface area contributed by atoms with Crippen LogP contribution in [-0.2, 0) is 65.4 Å². The lowest BCUT2D eigenvalue weighted by molar-refractivity contribution is -0.161. The summed E-state index contributed by atoms with van der Waals surface area (Å²) in [6.07, 6.45) is 47.3. The second-order valence-corrected chi connectivity index (χ2v) is 31.0. The molecule has 0 aliphatic heterocycles. The lowest BCUT2D eigenvalue weighted by atomic mass is 9.99. The second-order valence-electron chi connectivity index (χ2n) is 28.1. The number of hydrogen-bond donors (Lipinski definition) is 3. The summed E-state index contributed by atoms with van der Waals surface area (Å²) in [5.41, 5.74) is 0. The number of carbonyl (C=O) groups is 4. The Hall–Kier alpha value is -1.94. The van der Waals surface area contributed by atoms with Gasteiger partial charge in [-0.3, -0.25) is 37.3 Å². The van der Waals surface area contributed by atoms with Crippen LogP contribution in [0, 0.1) is 23.7 Å². The van der Waals surface area contributed by atoms with Gasteiger partial charge in [-0.15, -0.1) is 0 Å². The van der Waals surface area contributed by atoms with Gasteiger partial charge in [-0.05, 0) is 49.4 Å². The molecule has 0 saturated heterocycles. The first-order valence-corrected chi connectivity index (χ1v) is 41.3. The topological polar surface area (TPSA) is 237 Å². The normalized spacial score (nSPS) is 14.8. The molecule has 17 nitrogen and oxygen atoms in total. The van der Waals surface area contributed by atoms with Gasteiger partial charge in [0.15, 0.2) is 12.2 Å². The zero-order chi connectivity index (χ0) is 68.9. The Morgan fingerprint density at radius 2 is 0.516 bits per heavy atom. The van der Waals surface area contributed by atoms with Crippen LogP contribution in [-0.4, -0.2) is 96.7 Å². The van der Waals surface area contributed by atoms with Gasteiger partial charge in [0.1, 0.15) is 19.3 Å². The van der Waals surface area contributed by atoms with E-state index in [1.54, 1.807) is 0 Å². The third-order valence-corrected chi connectivity index (χ3v) is 19.7. The molecule has 0 amide bonds. The predicted molar refractivity (Wildman–Crippen MR) is 377 cm³/mol. The van der Waals surface area contributed by atoms with Gasteiger partial charge in [0.05, 0.1) is 26.4 Å². The van der Waals surface area contributed by atoms with Gasteiger partial charge in [0.2, 0.25) is 0 Å². The molecule has 0 heterocycles. The van der Waals surface area contributed by atoms with Gasteiger partial charge in [0.25, 0.3) is 0 Å². The Morgan fingerprint density at radius 1 is 0.301 bits per heavy atom. The van der Waals surface area contributed by atoms with Crippen molar-refractivity contribution in [3.8, 4) is 0 Å². The number of phosphoric acid groups is 2.